The van der Waals surface area contributed by atoms with E-state index in [0.717, 1.165) is 35.6 Å². The molecule has 19 heavy (non-hydrogen) atoms. The SMILES string of the molecule is CN1CCCC[C@H](n2c(N)nc3cccc(Cl)c32)C1. The molecule has 2 N–H and O–H groups in total. The fourth-order valence-corrected chi connectivity index (χ4v) is 3.27. The highest BCUT2D eigenvalue weighted by Gasteiger charge is 2.22. The van der Waals surface area contributed by atoms with Gasteiger partial charge < -0.3 is 15.2 Å². The van der Waals surface area contributed by atoms with Gasteiger partial charge in [-0.2, -0.15) is 0 Å². The maximum absolute atomic E-state index is 6.34. The molecule has 4 nitrogen and oxygen atoms in total. The van der Waals surface area contributed by atoms with Crippen LogP contribution in [0.2, 0.25) is 5.02 Å². The predicted molar refractivity (Wildman–Crippen MR) is 79.5 cm³/mol. The van der Waals surface area contributed by atoms with Gasteiger partial charge in [-0.3, -0.25) is 0 Å². The van der Waals surface area contributed by atoms with E-state index < -0.39 is 0 Å². The normalized spacial score (nSPS) is 21.7. The highest BCUT2D eigenvalue weighted by atomic mass is 35.5. The molecular formula is C14H19ClN4. The molecule has 0 radical (unpaired) electrons. The van der Waals surface area contributed by atoms with Crippen molar-refractivity contribution in [2.24, 2.45) is 0 Å². The van der Waals surface area contributed by atoms with E-state index in [2.05, 4.69) is 21.5 Å². The molecule has 2 aromatic rings. The first-order chi connectivity index (χ1) is 9.16. The van der Waals surface area contributed by atoms with Gasteiger partial charge >= 0.3 is 0 Å². The first-order valence-electron chi connectivity index (χ1n) is 6.77. The molecule has 1 fully saturated rings. The molecule has 1 atom stereocenters. The number of fused-ring (bicyclic) bond motifs is 1. The van der Waals surface area contributed by atoms with Gasteiger partial charge in [0.2, 0.25) is 5.95 Å². The van der Waals surface area contributed by atoms with Gasteiger partial charge in [0.25, 0.3) is 0 Å². The minimum absolute atomic E-state index is 0.359. The van der Waals surface area contributed by atoms with E-state index in [-0.39, 0.29) is 0 Å². The van der Waals surface area contributed by atoms with Gasteiger partial charge in [0.15, 0.2) is 0 Å². The van der Waals surface area contributed by atoms with E-state index in [4.69, 9.17) is 17.3 Å². The molecule has 0 unspecified atom stereocenters. The van der Waals surface area contributed by atoms with Crippen LogP contribution in [-0.2, 0) is 0 Å². The molecule has 102 valence electrons. The zero-order valence-corrected chi connectivity index (χ0v) is 11.9. The third-order valence-electron chi connectivity index (χ3n) is 3.90. The average molecular weight is 279 g/mol. The summed E-state index contributed by atoms with van der Waals surface area (Å²) in [5, 5.41) is 0.730. The number of likely N-dealkylation sites (N-methyl/N-ethyl adjacent to an activating group) is 1. The molecular weight excluding hydrogens is 260 g/mol. The van der Waals surface area contributed by atoms with Crippen LogP contribution >= 0.6 is 11.6 Å². The quantitative estimate of drug-likeness (QED) is 0.872. The number of nitrogens with two attached hydrogens (primary N) is 1. The van der Waals surface area contributed by atoms with Crippen molar-refractivity contribution in [1.82, 2.24) is 14.5 Å². The van der Waals surface area contributed by atoms with Crippen LogP contribution in [0, 0.1) is 0 Å². The lowest BCUT2D eigenvalue weighted by Crippen LogP contribution is -2.26. The van der Waals surface area contributed by atoms with E-state index in [0.29, 0.717) is 12.0 Å². The number of para-hydroxylation sites is 1. The maximum atomic E-state index is 6.34. The van der Waals surface area contributed by atoms with Gasteiger partial charge in [0.05, 0.1) is 16.1 Å². The molecule has 1 aliphatic rings. The van der Waals surface area contributed by atoms with Crippen molar-refractivity contribution in [2.75, 3.05) is 25.9 Å². The number of nitrogens with zero attached hydrogens (tertiary/aromatic N) is 3. The molecule has 5 heteroatoms. The topological polar surface area (TPSA) is 47.1 Å². The van der Waals surface area contributed by atoms with Crippen LogP contribution < -0.4 is 5.73 Å². The molecule has 0 spiro atoms. The lowest BCUT2D eigenvalue weighted by molar-refractivity contribution is 0.302. The van der Waals surface area contributed by atoms with Gasteiger partial charge in [-0.25, -0.2) is 4.98 Å². The molecule has 0 saturated carbocycles. The van der Waals surface area contributed by atoms with E-state index in [1.807, 2.05) is 18.2 Å². The molecule has 0 bridgehead atoms. The van der Waals surface area contributed by atoms with Crippen molar-refractivity contribution in [3.05, 3.63) is 23.2 Å². The second-order valence-electron chi connectivity index (χ2n) is 5.36. The number of anilines is 1. The number of benzene rings is 1. The Morgan fingerprint density at radius 2 is 2.21 bits per heavy atom. The number of hydrogen-bond donors (Lipinski definition) is 1. The van der Waals surface area contributed by atoms with Crippen LogP contribution in [0.3, 0.4) is 0 Å². The summed E-state index contributed by atoms with van der Waals surface area (Å²) in [5.74, 6) is 0.573. The lowest BCUT2D eigenvalue weighted by Gasteiger charge is -2.23. The minimum atomic E-state index is 0.359. The van der Waals surface area contributed by atoms with Gasteiger partial charge in [-0.1, -0.05) is 24.1 Å². The Bertz CT molecular complexity index is 592. The van der Waals surface area contributed by atoms with Crippen LogP contribution in [0.4, 0.5) is 5.95 Å². The third kappa shape index (κ3) is 2.30. The molecule has 1 aromatic carbocycles. The van der Waals surface area contributed by atoms with Crippen LogP contribution in [-0.4, -0.2) is 34.6 Å². The molecule has 1 saturated heterocycles. The van der Waals surface area contributed by atoms with Crippen molar-refractivity contribution in [1.29, 1.82) is 0 Å². The number of rotatable bonds is 1. The maximum Gasteiger partial charge on any atom is 0.201 e. The first-order valence-corrected chi connectivity index (χ1v) is 7.15. The highest BCUT2D eigenvalue weighted by Crippen LogP contribution is 2.32. The average Bonchev–Trinajstić information content (AvgIpc) is 2.56. The summed E-state index contributed by atoms with van der Waals surface area (Å²) in [6, 6.07) is 6.15. The zero-order valence-electron chi connectivity index (χ0n) is 11.1. The number of nitrogen functional groups attached to an aromatic ring is 1. The summed E-state index contributed by atoms with van der Waals surface area (Å²) in [7, 11) is 2.16. The van der Waals surface area contributed by atoms with Crippen molar-refractivity contribution >= 4 is 28.6 Å². The van der Waals surface area contributed by atoms with E-state index in [1.54, 1.807) is 0 Å². The molecule has 2 heterocycles. The Morgan fingerprint density at radius 3 is 3.05 bits per heavy atom. The summed E-state index contributed by atoms with van der Waals surface area (Å²) in [5.41, 5.74) is 7.98. The van der Waals surface area contributed by atoms with Crippen LogP contribution in [0.15, 0.2) is 18.2 Å². The van der Waals surface area contributed by atoms with Crippen molar-refractivity contribution in [3.8, 4) is 0 Å². The lowest BCUT2D eigenvalue weighted by atomic mass is 10.1. The standard InChI is InChI=1S/C14H19ClN4/c1-18-8-3-2-5-10(9-18)19-13-11(15)6-4-7-12(13)17-14(19)16/h4,6-7,10H,2-3,5,8-9H2,1H3,(H2,16,17)/t10-/m0/s1. The Hall–Kier alpha value is -1.26. The Labute approximate surface area is 118 Å². The number of hydrogen-bond acceptors (Lipinski definition) is 3. The fourth-order valence-electron chi connectivity index (χ4n) is 3.01. The summed E-state index contributed by atoms with van der Waals surface area (Å²) in [6.45, 7) is 2.15. The number of imidazole rings is 1. The van der Waals surface area contributed by atoms with E-state index in [9.17, 15) is 0 Å². The van der Waals surface area contributed by atoms with Crippen molar-refractivity contribution in [2.45, 2.75) is 25.3 Å². The van der Waals surface area contributed by atoms with Crippen molar-refractivity contribution in [3.63, 3.8) is 0 Å². The molecule has 0 aliphatic carbocycles. The largest absolute Gasteiger partial charge is 0.369 e. The minimum Gasteiger partial charge on any atom is -0.369 e. The first kappa shape index (κ1) is 12.8. The van der Waals surface area contributed by atoms with Crippen LogP contribution in [0.25, 0.3) is 11.0 Å². The highest BCUT2D eigenvalue weighted by molar-refractivity contribution is 6.35. The molecule has 1 aliphatic heterocycles. The Balaban J connectivity index is 2.10. The van der Waals surface area contributed by atoms with Gasteiger partial charge in [-0.05, 0) is 38.6 Å². The zero-order chi connectivity index (χ0) is 13.4. The smallest absolute Gasteiger partial charge is 0.201 e. The van der Waals surface area contributed by atoms with Crippen molar-refractivity contribution < 1.29 is 0 Å². The fraction of sp³-hybridized carbons (Fsp3) is 0.500. The number of halogens is 1. The summed E-state index contributed by atoms with van der Waals surface area (Å²) >= 11 is 6.34. The molecule has 1 aromatic heterocycles. The summed E-state index contributed by atoms with van der Waals surface area (Å²) in [4.78, 5) is 6.80. The molecule has 0 amide bonds. The van der Waals surface area contributed by atoms with Crippen LogP contribution in [0.1, 0.15) is 25.3 Å². The van der Waals surface area contributed by atoms with E-state index >= 15 is 0 Å². The second-order valence-corrected chi connectivity index (χ2v) is 5.77. The molecule has 3 rings (SSSR count). The third-order valence-corrected chi connectivity index (χ3v) is 4.21. The van der Waals surface area contributed by atoms with Crippen LogP contribution in [0.5, 0.6) is 0 Å². The Morgan fingerprint density at radius 1 is 1.37 bits per heavy atom. The second kappa shape index (κ2) is 5.02. The monoisotopic (exact) mass is 278 g/mol. The number of aromatic nitrogens is 2. The van der Waals surface area contributed by atoms with Gasteiger partial charge in [0, 0.05) is 12.6 Å². The Kier molecular flexibility index (Phi) is 3.37. The summed E-state index contributed by atoms with van der Waals surface area (Å²) in [6.07, 6.45) is 3.59. The number of likely N-dealkylation sites (tertiary alicyclic amines) is 1. The van der Waals surface area contributed by atoms with Gasteiger partial charge in [-0.15, -0.1) is 0 Å². The predicted octanol–water partition coefficient (Wildman–Crippen LogP) is 2.93. The van der Waals surface area contributed by atoms with Gasteiger partial charge in [0.1, 0.15) is 0 Å². The van der Waals surface area contributed by atoms with E-state index in [1.165, 1.54) is 12.8 Å². The summed E-state index contributed by atoms with van der Waals surface area (Å²) < 4.78 is 2.12.